The van der Waals surface area contributed by atoms with E-state index in [0.29, 0.717) is 6.54 Å². The van der Waals surface area contributed by atoms with Crippen molar-refractivity contribution in [1.82, 2.24) is 24.7 Å². The number of aryl methyl sites for hydroxylation is 3. The van der Waals surface area contributed by atoms with Crippen LogP contribution in [0.15, 0.2) is 16.9 Å². The molecular weight excluding hydrogens is 330 g/mol. The van der Waals surface area contributed by atoms with E-state index in [4.69, 9.17) is 4.52 Å². The molecule has 0 aromatic carbocycles. The second kappa shape index (κ2) is 6.87. The molecule has 3 fully saturated rings. The lowest BCUT2D eigenvalue weighted by Gasteiger charge is -2.36. The predicted octanol–water partition coefficient (Wildman–Crippen LogP) is 2.13. The molecule has 2 atom stereocenters. The van der Waals surface area contributed by atoms with Gasteiger partial charge in [-0.1, -0.05) is 5.16 Å². The Morgan fingerprint density at radius 3 is 2.77 bits per heavy atom. The summed E-state index contributed by atoms with van der Waals surface area (Å²) in [6, 6.07) is 0.260. The van der Waals surface area contributed by atoms with Gasteiger partial charge in [-0.05, 0) is 33.6 Å². The van der Waals surface area contributed by atoms with E-state index in [1.165, 1.54) is 5.56 Å². The van der Waals surface area contributed by atoms with Crippen molar-refractivity contribution in [2.24, 2.45) is 5.92 Å². The Balaban J connectivity index is 1.50. The molecule has 0 radical (unpaired) electrons. The molecule has 0 aliphatic carbocycles. The summed E-state index contributed by atoms with van der Waals surface area (Å²) < 4.78 is 7.24. The molecule has 2 bridgehead atoms. The van der Waals surface area contributed by atoms with Crippen LogP contribution in [0.3, 0.4) is 0 Å². The van der Waals surface area contributed by atoms with E-state index in [1.54, 1.807) is 0 Å². The normalized spacial score (nSPS) is 23.7. The number of carbonyl (C=O) groups excluding carboxylic acids is 1. The van der Waals surface area contributed by atoms with Gasteiger partial charge in [0.05, 0.1) is 24.4 Å². The van der Waals surface area contributed by atoms with E-state index < -0.39 is 0 Å². The van der Waals surface area contributed by atoms with Crippen molar-refractivity contribution in [3.05, 3.63) is 35.0 Å². The molecule has 0 spiro atoms. The number of hydrogen-bond acceptors (Lipinski definition) is 5. The highest BCUT2D eigenvalue weighted by atomic mass is 16.5. The van der Waals surface area contributed by atoms with Crippen LogP contribution in [0, 0.1) is 19.8 Å². The molecule has 0 N–H and O–H groups in total. The van der Waals surface area contributed by atoms with Crippen molar-refractivity contribution in [3.8, 4) is 0 Å². The maximum absolute atomic E-state index is 13.0. The van der Waals surface area contributed by atoms with E-state index in [9.17, 15) is 4.79 Å². The van der Waals surface area contributed by atoms with Crippen LogP contribution >= 0.6 is 0 Å². The van der Waals surface area contributed by atoms with E-state index in [-0.39, 0.29) is 17.9 Å². The second-order valence-electron chi connectivity index (χ2n) is 7.60. The number of piperidine rings is 1. The molecule has 2 aromatic rings. The van der Waals surface area contributed by atoms with E-state index >= 15 is 0 Å². The fourth-order valence-electron chi connectivity index (χ4n) is 4.28. The van der Waals surface area contributed by atoms with Gasteiger partial charge in [0.15, 0.2) is 0 Å². The fraction of sp³-hybridized carbons (Fsp3) is 0.632. The van der Waals surface area contributed by atoms with Crippen molar-refractivity contribution in [1.29, 1.82) is 0 Å². The third kappa shape index (κ3) is 3.16. The van der Waals surface area contributed by atoms with Gasteiger partial charge < -0.3 is 9.42 Å². The highest BCUT2D eigenvalue weighted by Gasteiger charge is 2.41. The SMILES string of the molecule is CCn1cc(CN2C[C@H]3CC[C@@H](C2)N(Cc2c(C)noc2C)C3=O)cn1. The molecule has 7 heteroatoms. The molecule has 0 unspecified atom stereocenters. The van der Waals surface area contributed by atoms with E-state index in [1.807, 2.05) is 24.7 Å². The molecule has 26 heavy (non-hydrogen) atoms. The molecule has 7 nitrogen and oxygen atoms in total. The Kier molecular flexibility index (Phi) is 4.56. The van der Waals surface area contributed by atoms with Gasteiger partial charge in [0.1, 0.15) is 5.76 Å². The van der Waals surface area contributed by atoms with Gasteiger partial charge in [-0.2, -0.15) is 5.10 Å². The summed E-state index contributed by atoms with van der Waals surface area (Å²) in [6.07, 6.45) is 6.12. The molecule has 3 saturated heterocycles. The van der Waals surface area contributed by atoms with Crippen LogP contribution in [0.4, 0.5) is 0 Å². The highest BCUT2D eigenvalue weighted by Crippen LogP contribution is 2.32. The predicted molar refractivity (Wildman–Crippen MR) is 96.2 cm³/mol. The van der Waals surface area contributed by atoms with Crippen LogP contribution < -0.4 is 0 Å². The van der Waals surface area contributed by atoms with Gasteiger partial charge in [0.25, 0.3) is 0 Å². The molecule has 0 saturated carbocycles. The third-order valence-electron chi connectivity index (χ3n) is 5.80. The first kappa shape index (κ1) is 17.3. The highest BCUT2D eigenvalue weighted by molar-refractivity contribution is 5.80. The minimum Gasteiger partial charge on any atom is -0.361 e. The summed E-state index contributed by atoms with van der Waals surface area (Å²) in [5, 5.41) is 8.41. The zero-order chi connectivity index (χ0) is 18.3. The summed E-state index contributed by atoms with van der Waals surface area (Å²) in [6.45, 7) is 10.1. The zero-order valence-electron chi connectivity index (χ0n) is 15.8. The molecule has 2 aromatic heterocycles. The Morgan fingerprint density at radius 2 is 2.08 bits per heavy atom. The van der Waals surface area contributed by atoms with Crippen LogP contribution in [0.1, 0.15) is 42.3 Å². The summed E-state index contributed by atoms with van der Waals surface area (Å²) >= 11 is 0. The van der Waals surface area contributed by atoms with Crippen LogP contribution in [0.2, 0.25) is 0 Å². The van der Waals surface area contributed by atoms with Crippen molar-refractivity contribution >= 4 is 5.91 Å². The minimum atomic E-state index is 0.0930. The van der Waals surface area contributed by atoms with Gasteiger partial charge in [-0.3, -0.25) is 14.4 Å². The van der Waals surface area contributed by atoms with Gasteiger partial charge >= 0.3 is 0 Å². The minimum absolute atomic E-state index is 0.0930. The number of nitrogens with zero attached hydrogens (tertiary/aromatic N) is 5. The number of hydrogen-bond donors (Lipinski definition) is 0. The summed E-state index contributed by atoms with van der Waals surface area (Å²) in [5.74, 6) is 1.20. The lowest BCUT2D eigenvalue weighted by Crippen LogP contribution is -2.47. The molecule has 140 valence electrons. The van der Waals surface area contributed by atoms with Crippen LogP contribution in [0.5, 0.6) is 0 Å². The molecule has 3 aliphatic heterocycles. The number of aromatic nitrogens is 3. The maximum atomic E-state index is 13.0. The summed E-state index contributed by atoms with van der Waals surface area (Å²) in [5.41, 5.74) is 3.17. The van der Waals surface area contributed by atoms with E-state index in [0.717, 1.165) is 56.0 Å². The third-order valence-corrected chi connectivity index (χ3v) is 5.80. The topological polar surface area (TPSA) is 67.4 Å². The monoisotopic (exact) mass is 357 g/mol. The Morgan fingerprint density at radius 1 is 1.23 bits per heavy atom. The van der Waals surface area contributed by atoms with E-state index in [2.05, 4.69) is 33.2 Å². The van der Waals surface area contributed by atoms with Gasteiger partial charge in [-0.15, -0.1) is 0 Å². The van der Waals surface area contributed by atoms with Crippen LogP contribution in [-0.2, 0) is 24.4 Å². The smallest absolute Gasteiger partial charge is 0.227 e. The molecule has 3 aliphatic rings. The van der Waals surface area contributed by atoms with Crippen molar-refractivity contribution < 1.29 is 9.32 Å². The van der Waals surface area contributed by atoms with Crippen molar-refractivity contribution in [2.45, 2.75) is 59.3 Å². The summed E-state index contributed by atoms with van der Waals surface area (Å²) in [4.78, 5) is 17.5. The lowest BCUT2D eigenvalue weighted by molar-refractivity contribution is -0.140. The molecular formula is C19H27N5O2. The van der Waals surface area contributed by atoms with Crippen LogP contribution in [-0.4, -0.2) is 49.8 Å². The van der Waals surface area contributed by atoms with Crippen molar-refractivity contribution in [2.75, 3.05) is 13.1 Å². The fourth-order valence-corrected chi connectivity index (χ4v) is 4.28. The van der Waals surface area contributed by atoms with Gasteiger partial charge in [0.2, 0.25) is 5.91 Å². The number of amides is 1. The zero-order valence-corrected chi connectivity index (χ0v) is 15.8. The molecule has 5 rings (SSSR count). The van der Waals surface area contributed by atoms with Gasteiger partial charge in [-0.25, -0.2) is 0 Å². The van der Waals surface area contributed by atoms with Crippen molar-refractivity contribution in [3.63, 3.8) is 0 Å². The van der Waals surface area contributed by atoms with Crippen LogP contribution in [0.25, 0.3) is 0 Å². The van der Waals surface area contributed by atoms with Gasteiger partial charge in [0, 0.05) is 49.5 Å². The average Bonchev–Trinajstić information content (AvgIpc) is 3.10. The lowest BCUT2D eigenvalue weighted by atomic mass is 9.93. The number of carbonyl (C=O) groups is 1. The average molecular weight is 357 g/mol. The Bertz CT molecular complexity index is 776. The number of rotatable bonds is 5. The molecule has 1 amide bonds. The molecule has 5 heterocycles. The standard InChI is InChI=1S/C19H27N5O2/c1-4-23-9-15(7-20-23)8-22-10-16-5-6-17(11-22)24(19(16)25)12-18-13(2)21-26-14(18)3/h7,9,16-17H,4-6,8,10-12H2,1-3H3/t16-,17+/m1/s1. The first-order chi connectivity index (χ1) is 12.5. The first-order valence-electron chi connectivity index (χ1n) is 9.51. The Hall–Kier alpha value is -2.15. The quantitative estimate of drug-likeness (QED) is 0.820. The second-order valence-corrected chi connectivity index (χ2v) is 7.60. The maximum Gasteiger partial charge on any atom is 0.227 e. The number of fused-ring (bicyclic) bond motifs is 4. The Labute approximate surface area is 153 Å². The largest absolute Gasteiger partial charge is 0.361 e. The first-order valence-corrected chi connectivity index (χ1v) is 9.51. The summed E-state index contributed by atoms with van der Waals surface area (Å²) in [7, 11) is 0.